The molecule has 0 aliphatic heterocycles. The summed E-state index contributed by atoms with van der Waals surface area (Å²) in [5, 5.41) is 5.10. The first kappa shape index (κ1) is 13.5. The molecule has 4 heteroatoms. The van der Waals surface area contributed by atoms with Gasteiger partial charge in [0.05, 0.1) is 5.69 Å². The first-order valence-electron chi connectivity index (χ1n) is 5.86. The summed E-state index contributed by atoms with van der Waals surface area (Å²) in [4.78, 5) is 2.40. The fourth-order valence-corrected chi connectivity index (χ4v) is 2.13. The summed E-state index contributed by atoms with van der Waals surface area (Å²) >= 11 is 6.23. The maximum Gasteiger partial charge on any atom is 0.131 e. The quantitative estimate of drug-likeness (QED) is 0.793. The van der Waals surface area contributed by atoms with Gasteiger partial charge in [-0.3, -0.25) is 9.58 Å². The van der Waals surface area contributed by atoms with Crippen molar-refractivity contribution in [1.29, 1.82) is 0 Å². The molecule has 0 spiro atoms. The molecule has 0 radical (unpaired) electrons. The van der Waals surface area contributed by atoms with Gasteiger partial charge in [-0.15, -0.1) is 0 Å². The van der Waals surface area contributed by atoms with Gasteiger partial charge in [-0.05, 0) is 19.4 Å². The molecule has 1 aromatic heterocycles. The van der Waals surface area contributed by atoms with Crippen molar-refractivity contribution >= 4 is 11.6 Å². The standard InChI is InChI=1S/C12H22ClN3/c1-6-16(7-9(2)3)8-11-10(4)14-15(5)12(11)13/h9H,6-8H2,1-5H3. The molecule has 0 N–H and O–H groups in total. The second-order valence-corrected chi connectivity index (χ2v) is 5.06. The molecule has 0 bridgehead atoms. The highest BCUT2D eigenvalue weighted by molar-refractivity contribution is 6.30. The number of hydrogen-bond donors (Lipinski definition) is 0. The minimum Gasteiger partial charge on any atom is -0.299 e. The average molecular weight is 244 g/mol. The number of nitrogens with zero attached hydrogens (tertiary/aromatic N) is 3. The van der Waals surface area contributed by atoms with Crippen molar-refractivity contribution in [1.82, 2.24) is 14.7 Å². The Bertz CT molecular complexity index is 344. The monoisotopic (exact) mass is 243 g/mol. The van der Waals surface area contributed by atoms with E-state index in [1.807, 2.05) is 14.0 Å². The third kappa shape index (κ3) is 3.22. The lowest BCUT2D eigenvalue weighted by Crippen LogP contribution is -2.27. The summed E-state index contributed by atoms with van der Waals surface area (Å²) in [5.74, 6) is 0.677. The molecule has 92 valence electrons. The van der Waals surface area contributed by atoms with E-state index in [2.05, 4.69) is 30.8 Å². The molecule has 0 fully saturated rings. The van der Waals surface area contributed by atoms with Crippen molar-refractivity contribution in [3.63, 3.8) is 0 Å². The number of aryl methyl sites for hydroxylation is 2. The Kier molecular flexibility index (Phi) is 4.81. The van der Waals surface area contributed by atoms with Crippen LogP contribution >= 0.6 is 11.6 Å². The topological polar surface area (TPSA) is 21.1 Å². The lowest BCUT2D eigenvalue weighted by atomic mass is 10.2. The van der Waals surface area contributed by atoms with E-state index in [4.69, 9.17) is 11.6 Å². The van der Waals surface area contributed by atoms with Gasteiger partial charge in [0.25, 0.3) is 0 Å². The van der Waals surface area contributed by atoms with Crippen molar-refractivity contribution in [3.8, 4) is 0 Å². The first-order chi connectivity index (χ1) is 7.45. The predicted molar refractivity (Wildman–Crippen MR) is 68.7 cm³/mol. The van der Waals surface area contributed by atoms with Crippen LogP contribution in [0.5, 0.6) is 0 Å². The maximum atomic E-state index is 6.23. The zero-order valence-electron chi connectivity index (χ0n) is 10.9. The van der Waals surface area contributed by atoms with Gasteiger partial charge in [0, 0.05) is 25.7 Å². The normalized spacial score (nSPS) is 11.8. The summed E-state index contributed by atoms with van der Waals surface area (Å²) in [6.45, 7) is 11.7. The van der Waals surface area contributed by atoms with Crippen molar-refractivity contribution in [2.24, 2.45) is 13.0 Å². The van der Waals surface area contributed by atoms with Crippen LogP contribution in [-0.4, -0.2) is 27.8 Å². The second-order valence-electron chi connectivity index (χ2n) is 4.70. The van der Waals surface area contributed by atoms with Crippen molar-refractivity contribution in [3.05, 3.63) is 16.4 Å². The Labute approximate surface area is 103 Å². The van der Waals surface area contributed by atoms with Crippen LogP contribution in [0.2, 0.25) is 5.15 Å². The highest BCUT2D eigenvalue weighted by Gasteiger charge is 2.14. The molecule has 16 heavy (non-hydrogen) atoms. The fourth-order valence-electron chi connectivity index (χ4n) is 1.90. The zero-order chi connectivity index (χ0) is 12.3. The third-order valence-electron chi connectivity index (χ3n) is 2.72. The van der Waals surface area contributed by atoms with E-state index in [1.165, 1.54) is 0 Å². The summed E-state index contributed by atoms with van der Waals surface area (Å²) in [7, 11) is 1.89. The minimum atomic E-state index is 0.677. The van der Waals surface area contributed by atoms with Gasteiger partial charge in [-0.25, -0.2) is 0 Å². The van der Waals surface area contributed by atoms with Crippen LogP contribution in [0.4, 0.5) is 0 Å². The molecule has 0 saturated heterocycles. The van der Waals surface area contributed by atoms with Gasteiger partial charge in [0.2, 0.25) is 0 Å². The smallest absolute Gasteiger partial charge is 0.131 e. The molecule has 1 heterocycles. The van der Waals surface area contributed by atoms with Crippen molar-refractivity contribution < 1.29 is 0 Å². The molecular formula is C12H22ClN3. The molecule has 0 aliphatic carbocycles. The van der Waals surface area contributed by atoms with E-state index in [0.717, 1.165) is 36.0 Å². The molecule has 0 saturated carbocycles. The van der Waals surface area contributed by atoms with E-state index < -0.39 is 0 Å². The van der Waals surface area contributed by atoms with Gasteiger partial charge in [0.1, 0.15) is 5.15 Å². The molecule has 0 aromatic carbocycles. The third-order valence-corrected chi connectivity index (χ3v) is 3.19. The van der Waals surface area contributed by atoms with Crippen LogP contribution in [0.3, 0.4) is 0 Å². The van der Waals surface area contributed by atoms with Crippen LogP contribution in [0.1, 0.15) is 32.0 Å². The Morgan fingerprint density at radius 2 is 2.06 bits per heavy atom. The molecule has 1 rings (SSSR count). The van der Waals surface area contributed by atoms with E-state index in [-0.39, 0.29) is 0 Å². The number of halogens is 1. The number of rotatable bonds is 5. The number of hydrogen-bond acceptors (Lipinski definition) is 2. The fraction of sp³-hybridized carbons (Fsp3) is 0.750. The van der Waals surface area contributed by atoms with Gasteiger partial charge < -0.3 is 0 Å². The van der Waals surface area contributed by atoms with Gasteiger partial charge in [0.15, 0.2) is 0 Å². The molecular weight excluding hydrogens is 222 g/mol. The highest BCUT2D eigenvalue weighted by atomic mass is 35.5. The molecule has 0 unspecified atom stereocenters. The van der Waals surface area contributed by atoms with Crippen LogP contribution in [0.25, 0.3) is 0 Å². The summed E-state index contributed by atoms with van der Waals surface area (Å²) in [6.07, 6.45) is 0. The van der Waals surface area contributed by atoms with Crippen molar-refractivity contribution in [2.45, 2.75) is 34.2 Å². The minimum absolute atomic E-state index is 0.677. The molecule has 3 nitrogen and oxygen atoms in total. The van der Waals surface area contributed by atoms with Gasteiger partial charge >= 0.3 is 0 Å². The highest BCUT2D eigenvalue weighted by Crippen LogP contribution is 2.20. The number of aromatic nitrogens is 2. The Balaban J connectivity index is 2.77. The van der Waals surface area contributed by atoms with E-state index in [0.29, 0.717) is 5.92 Å². The van der Waals surface area contributed by atoms with Gasteiger partial charge in [-0.2, -0.15) is 5.10 Å². The first-order valence-corrected chi connectivity index (χ1v) is 6.23. The van der Waals surface area contributed by atoms with Crippen molar-refractivity contribution in [2.75, 3.05) is 13.1 Å². The maximum absolute atomic E-state index is 6.23. The van der Waals surface area contributed by atoms with E-state index >= 15 is 0 Å². The van der Waals surface area contributed by atoms with Gasteiger partial charge in [-0.1, -0.05) is 32.4 Å². The summed E-state index contributed by atoms with van der Waals surface area (Å²) < 4.78 is 1.75. The molecule has 0 atom stereocenters. The summed E-state index contributed by atoms with van der Waals surface area (Å²) in [5.41, 5.74) is 2.20. The average Bonchev–Trinajstić information content (AvgIpc) is 2.43. The lowest BCUT2D eigenvalue weighted by Gasteiger charge is -2.22. The van der Waals surface area contributed by atoms with Crippen LogP contribution in [0.15, 0.2) is 0 Å². The van der Waals surface area contributed by atoms with Crippen LogP contribution in [0, 0.1) is 12.8 Å². The largest absolute Gasteiger partial charge is 0.299 e. The van der Waals surface area contributed by atoms with Crippen LogP contribution in [-0.2, 0) is 13.6 Å². The predicted octanol–water partition coefficient (Wildman–Crippen LogP) is 2.86. The van der Waals surface area contributed by atoms with Crippen LogP contribution < -0.4 is 0 Å². The lowest BCUT2D eigenvalue weighted by molar-refractivity contribution is 0.248. The second kappa shape index (κ2) is 5.69. The van der Waals surface area contributed by atoms with E-state index in [1.54, 1.807) is 4.68 Å². The Hall–Kier alpha value is -0.540. The SMILES string of the molecule is CCN(Cc1c(C)nn(C)c1Cl)CC(C)C. The molecule has 0 aliphatic rings. The Morgan fingerprint density at radius 1 is 1.44 bits per heavy atom. The zero-order valence-corrected chi connectivity index (χ0v) is 11.7. The molecule has 1 aromatic rings. The van der Waals surface area contributed by atoms with E-state index in [9.17, 15) is 0 Å². The Morgan fingerprint density at radius 3 is 2.44 bits per heavy atom. The summed E-state index contributed by atoms with van der Waals surface area (Å²) in [6, 6.07) is 0. The molecule has 0 amide bonds.